The van der Waals surface area contributed by atoms with Gasteiger partial charge in [0.15, 0.2) is 0 Å². The van der Waals surface area contributed by atoms with Gasteiger partial charge in [0.25, 0.3) is 0 Å². The van der Waals surface area contributed by atoms with Crippen LogP contribution < -0.4 is 10.1 Å². The van der Waals surface area contributed by atoms with Crippen molar-refractivity contribution in [2.24, 2.45) is 0 Å². The van der Waals surface area contributed by atoms with Gasteiger partial charge in [0, 0.05) is 12.1 Å². The number of benzene rings is 1. The van der Waals surface area contributed by atoms with Crippen molar-refractivity contribution < 1.29 is 14.9 Å². The molecule has 0 aromatic heterocycles. The largest absolute Gasteiger partial charge is 0.491 e. The van der Waals surface area contributed by atoms with E-state index >= 15 is 0 Å². The van der Waals surface area contributed by atoms with Crippen molar-refractivity contribution in [2.75, 3.05) is 19.8 Å². The van der Waals surface area contributed by atoms with Gasteiger partial charge in [-0.25, -0.2) is 0 Å². The SMILES string of the molecule is Cc1cc(C)c(C)c(OCC(O)CNC(C)(C)CO)c1. The minimum Gasteiger partial charge on any atom is -0.491 e. The maximum Gasteiger partial charge on any atom is 0.122 e. The molecule has 114 valence electrons. The molecule has 1 rings (SSSR count). The molecule has 0 fully saturated rings. The van der Waals surface area contributed by atoms with Crippen LogP contribution in [0.3, 0.4) is 0 Å². The van der Waals surface area contributed by atoms with Crippen molar-refractivity contribution in [1.82, 2.24) is 5.32 Å². The van der Waals surface area contributed by atoms with E-state index in [1.165, 1.54) is 5.56 Å². The predicted molar refractivity (Wildman–Crippen MR) is 81.3 cm³/mol. The highest BCUT2D eigenvalue weighted by Gasteiger charge is 2.17. The summed E-state index contributed by atoms with van der Waals surface area (Å²) < 4.78 is 5.71. The highest BCUT2D eigenvalue weighted by atomic mass is 16.5. The van der Waals surface area contributed by atoms with Gasteiger partial charge >= 0.3 is 0 Å². The predicted octanol–water partition coefficient (Wildman–Crippen LogP) is 1.71. The molecule has 0 saturated carbocycles. The summed E-state index contributed by atoms with van der Waals surface area (Å²) in [6.45, 7) is 10.5. The lowest BCUT2D eigenvalue weighted by Crippen LogP contribution is -2.47. The van der Waals surface area contributed by atoms with Crippen LogP contribution in [0.4, 0.5) is 0 Å². The number of aliphatic hydroxyl groups is 2. The Morgan fingerprint density at radius 1 is 1.25 bits per heavy atom. The first kappa shape index (κ1) is 17.0. The molecule has 1 aromatic rings. The third kappa shape index (κ3) is 5.12. The van der Waals surface area contributed by atoms with Crippen LogP contribution in [0.15, 0.2) is 12.1 Å². The van der Waals surface area contributed by atoms with Crippen LogP contribution in [0.2, 0.25) is 0 Å². The molecule has 3 N–H and O–H groups in total. The minimum absolute atomic E-state index is 0.0246. The monoisotopic (exact) mass is 281 g/mol. The van der Waals surface area contributed by atoms with Crippen molar-refractivity contribution >= 4 is 0 Å². The Labute approximate surface area is 121 Å². The second-order valence-corrected chi connectivity index (χ2v) is 6.09. The van der Waals surface area contributed by atoms with Crippen LogP contribution in [0.1, 0.15) is 30.5 Å². The summed E-state index contributed by atoms with van der Waals surface area (Å²) in [7, 11) is 0. The highest BCUT2D eigenvalue weighted by molar-refractivity contribution is 5.41. The summed E-state index contributed by atoms with van der Waals surface area (Å²) >= 11 is 0. The first-order valence-corrected chi connectivity index (χ1v) is 7.00. The standard InChI is InChI=1S/C16H27NO3/c1-11-6-12(2)13(3)15(7-11)20-9-14(19)8-17-16(4,5)10-18/h6-7,14,17-19H,8-10H2,1-5H3. The van der Waals surface area contributed by atoms with E-state index in [0.717, 1.165) is 16.9 Å². The van der Waals surface area contributed by atoms with Crippen molar-refractivity contribution in [3.05, 3.63) is 28.8 Å². The number of aliphatic hydroxyl groups excluding tert-OH is 2. The van der Waals surface area contributed by atoms with E-state index in [0.29, 0.717) is 6.54 Å². The van der Waals surface area contributed by atoms with E-state index in [4.69, 9.17) is 9.84 Å². The number of ether oxygens (including phenoxy) is 1. The molecule has 0 spiro atoms. The summed E-state index contributed by atoms with van der Waals surface area (Å²) in [6.07, 6.45) is -0.610. The van der Waals surface area contributed by atoms with Crippen molar-refractivity contribution in [1.29, 1.82) is 0 Å². The Morgan fingerprint density at radius 2 is 1.90 bits per heavy atom. The molecule has 0 heterocycles. The van der Waals surface area contributed by atoms with Crippen LogP contribution in [0.25, 0.3) is 0 Å². The molecule has 0 aliphatic heterocycles. The van der Waals surface area contributed by atoms with Gasteiger partial charge in [0.05, 0.1) is 6.61 Å². The van der Waals surface area contributed by atoms with Crippen molar-refractivity contribution in [3.8, 4) is 5.75 Å². The van der Waals surface area contributed by atoms with E-state index in [9.17, 15) is 5.11 Å². The van der Waals surface area contributed by atoms with Crippen LogP contribution in [-0.4, -0.2) is 41.6 Å². The number of hydrogen-bond donors (Lipinski definition) is 3. The molecule has 1 atom stereocenters. The molecular formula is C16H27NO3. The normalized spacial score (nSPS) is 13.3. The lowest BCUT2D eigenvalue weighted by atomic mass is 10.1. The van der Waals surface area contributed by atoms with Gasteiger partial charge in [-0.2, -0.15) is 0 Å². The van der Waals surface area contributed by atoms with Crippen LogP contribution >= 0.6 is 0 Å². The molecule has 20 heavy (non-hydrogen) atoms. The zero-order chi connectivity index (χ0) is 15.3. The second-order valence-electron chi connectivity index (χ2n) is 6.09. The van der Waals surface area contributed by atoms with Gasteiger partial charge < -0.3 is 20.3 Å². The Hall–Kier alpha value is -1.10. The fraction of sp³-hybridized carbons (Fsp3) is 0.625. The topological polar surface area (TPSA) is 61.7 Å². The van der Waals surface area contributed by atoms with Gasteiger partial charge in [0.2, 0.25) is 0 Å². The molecule has 0 aliphatic rings. The first-order valence-electron chi connectivity index (χ1n) is 7.00. The maximum absolute atomic E-state index is 9.93. The molecule has 0 aliphatic carbocycles. The van der Waals surface area contributed by atoms with E-state index in [2.05, 4.69) is 18.3 Å². The molecule has 1 unspecified atom stereocenters. The third-order valence-electron chi connectivity index (χ3n) is 3.41. The maximum atomic E-state index is 9.93. The second kappa shape index (κ2) is 7.07. The summed E-state index contributed by atoms with van der Waals surface area (Å²) in [5.41, 5.74) is 3.05. The van der Waals surface area contributed by atoms with Crippen LogP contribution in [-0.2, 0) is 0 Å². The highest BCUT2D eigenvalue weighted by Crippen LogP contribution is 2.23. The lowest BCUT2D eigenvalue weighted by Gasteiger charge is -2.25. The van der Waals surface area contributed by atoms with Gasteiger partial charge in [-0.1, -0.05) is 6.07 Å². The third-order valence-corrected chi connectivity index (χ3v) is 3.41. The summed E-state index contributed by atoms with van der Waals surface area (Å²) in [5, 5.41) is 22.2. The quantitative estimate of drug-likeness (QED) is 0.712. The van der Waals surface area contributed by atoms with Crippen molar-refractivity contribution in [3.63, 3.8) is 0 Å². The van der Waals surface area contributed by atoms with Crippen LogP contribution in [0, 0.1) is 20.8 Å². The zero-order valence-electron chi connectivity index (χ0n) is 13.2. The smallest absolute Gasteiger partial charge is 0.122 e. The summed E-state index contributed by atoms with van der Waals surface area (Å²) in [6, 6.07) is 4.10. The molecule has 4 nitrogen and oxygen atoms in total. The Balaban J connectivity index is 2.51. The Bertz CT molecular complexity index is 444. The molecular weight excluding hydrogens is 254 g/mol. The average Bonchev–Trinajstić information content (AvgIpc) is 2.39. The molecule has 0 saturated heterocycles. The number of rotatable bonds is 7. The number of nitrogens with one attached hydrogen (secondary N) is 1. The molecule has 4 heteroatoms. The number of hydrogen-bond acceptors (Lipinski definition) is 4. The molecule has 1 aromatic carbocycles. The first-order chi connectivity index (χ1) is 9.25. The van der Waals surface area contributed by atoms with Gasteiger partial charge in [0.1, 0.15) is 18.5 Å². The molecule has 0 bridgehead atoms. The zero-order valence-corrected chi connectivity index (χ0v) is 13.2. The fourth-order valence-electron chi connectivity index (χ4n) is 1.85. The molecule has 0 amide bonds. The van der Waals surface area contributed by atoms with Crippen LogP contribution in [0.5, 0.6) is 5.75 Å². The van der Waals surface area contributed by atoms with Crippen molar-refractivity contribution in [2.45, 2.75) is 46.3 Å². The lowest BCUT2D eigenvalue weighted by molar-refractivity contribution is 0.0903. The van der Waals surface area contributed by atoms with Gasteiger partial charge in [-0.05, 0) is 57.4 Å². The van der Waals surface area contributed by atoms with E-state index < -0.39 is 11.6 Å². The summed E-state index contributed by atoms with van der Waals surface area (Å²) in [5.74, 6) is 0.822. The fourth-order valence-corrected chi connectivity index (χ4v) is 1.85. The summed E-state index contributed by atoms with van der Waals surface area (Å²) in [4.78, 5) is 0. The van der Waals surface area contributed by atoms with Gasteiger partial charge in [-0.3, -0.25) is 0 Å². The Morgan fingerprint density at radius 3 is 2.50 bits per heavy atom. The van der Waals surface area contributed by atoms with Gasteiger partial charge in [-0.15, -0.1) is 0 Å². The molecule has 0 radical (unpaired) electrons. The number of β-amino-alcohol motifs (C(OH)–C–C–N with tert-alkyl or cyclic N) is 1. The van der Waals surface area contributed by atoms with E-state index in [1.807, 2.05) is 33.8 Å². The Kier molecular flexibility index (Phi) is 5.99. The van der Waals surface area contributed by atoms with E-state index in [-0.39, 0.29) is 13.2 Å². The average molecular weight is 281 g/mol. The number of aryl methyl sites for hydroxylation is 2. The minimum atomic E-state index is -0.610. The van der Waals surface area contributed by atoms with E-state index in [1.54, 1.807) is 0 Å².